The van der Waals surface area contributed by atoms with Gasteiger partial charge >= 0.3 is 0 Å². The number of sulfonamides is 1. The minimum atomic E-state index is -3.36. The molecule has 2 N–H and O–H groups in total. The largest absolute Gasteiger partial charge is 0.373 e. The maximum atomic E-state index is 12.9. The van der Waals surface area contributed by atoms with Crippen molar-refractivity contribution in [3.63, 3.8) is 0 Å². The average Bonchev–Trinajstić information content (AvgIpc) is 2.58. The predicted octanol–water partition coefficient (Wildman–Crippen LogP) is 0.930. The quantitative estimate of drug-likeness (QED) is 0.561. The lowest BCUT2D eigenvalue weighted by molar-refractivity contribution is -0.0440. The Morgan fingerprint density at radius 3 is 2.42 bits per heavy atom. The van der Waals surface area contributed by atoms with Crippen molar-refractivity contribution in [2.75, 3.05) is 32.4 Å². The summed E-state index contributed by atoms with van der Waals surface area (Å²) in [6, 6.07) is 6.15. The molecular weight excluding hydrogens is 359 g/mol. The summed E-state index contributed by atoms with van der Waals surface area (Å²) in [5.41, 5.74) is 0.901. The monoisotopic (exact) mass is 386 g/mol. The molecule has 26 heavy (non-hydrogen) atoms. The van der Waals surface area contributed by atoms with Crippen LogP contribution in [0.5, 0.6) is 0 Å². The molecule has 1 fully saturated rings. The van der Waals surface area contributed by atoms with Gasteiger partial charge in [0.15, 0.2) is 5.96 Å². The number of morpholine rings is 1. The summed E-state index contributed by atoms with van der Waals surface area (Å²) < 4.78 is 45.0. The normalized spacial score (nSPS) is 22.2. The average molecular weight is 386 g/mol. The van der Waals surface area contributed by atoms with Gasteiger partial charge in [-0.05, 0) is 31.5 Å². The first-order chi connectivity index (χ1) is 12.3. The van der Waals surface area contributed by atoms with E-state index in [-0.39, 0.29) is 30.3 Å². The van der Waals surface area contributed by atoms with Crippen LogP contribution < -0.4 is 10.6 Å². The molecule has 146 valence electrons. The smallest absolute Gasteiger partial charge is 0.216 e. The molecule has 7 nitrogen and oxygen atoms in total. The number of benzene rings is 1. The first kappa shape index (κ1) is 20.6. The molecule has 1 aromatic rings. The van der Waals surface area contributed by atoms with Crippen molar-refractivity contribution in [2.24, 2.45) is 4.99 Å². The van der Waals surface area contributed by atoms with E-state index in [4.69, 9.17) is 4.74 Å². The van der Waals surface area contributed by atoms with Crippen LogP contribution in [0.15, 0.2) is 29.3 Å². The molecule has 1 aliphatic heterocycles. The van der Waals surface area contributed by atoms with Crippen LogP contribution >= 0.6 is 0 Å². The van der Waals surface area contributed by atoms with E-state index in [0.29, 0.717) is 25.6 Å². The second-order valence-electron chi connectivity index (χ2n) is 6.37. The van der Waals surface area contributed by atoms with Gasteiger partial charge in [0.25, 0.3) is 0 Å². The van der Waals surface area contributed by atoms with Gasteiger partial charge in [0.1, 0.15) is 5.82 Å². The lowest BCUT2D eigenvalue weighted by Crippen LogP contribution is -2.50. The molecule has 1 heterocycles. The van der Waals surface area contributed by atoms with Crippen molar-refractivity contribution < 1.29 is 17.5 Å². The van der Waals surface area contributed by atoms with E-state index in [1.807, 2.05) is 13.8 Å². The van der Waals surface area contributed by atoms with Gasteiger partial charge in [0, 0.05) is 33.2 Å². The van der Waals surface area contributed by atoms with Crippen molar-refractivity contribution >= 4 is 16.0 Å². The first-order valence-electron chi connectivity index (χ1n) is 8.62. The number of rotatable bonds is 6. The number of aliphatic imine (C=N–C) groups is 1. The second-order valence-corrected chi connectivity index (χ2v) is 8.46. The Bertz CT molecular complexity index is 699. The van der Waals surface area contributed by atoms with Crippen molar-refractivity contribution in [2.45, 2.75) is 32.6 Å². The standard InChI is InChI=1S/C17H27FN4O3S/c1-13-11-22(12-14(2)25-13)26(23,24)9-8-20-17(19-3)21-10-15-4-6-16(18)7-5-15/h4-7,13-14H,8-12H2,1-3H3,(H2,19,20,21). The summed E-state index contributed by atoms with van der Waals surface area (Å²) in [6.07, 6.45) is -0.210. The second kappa shape index (κ2) is 9.29. The van der Waals surface area contributed by atoms with Crippen molar-refractivity contribution in [1.82, 2.24) is 14.9 Å². The molecule has 0 saturated carbocycles. The Labute approximate surface area is 154 Å². The van der Waals surface area contributed by atoms with Gasteiger partial charge in [-0.15, -0.1) is 0 Å². The number of halogens is 1. The minimum absolute atomic E-state index is 0.0241. The molecule has 9 heteroatoms. The van der Waals surface area contributed by atoms with E-state index in [0.717, 1.165) is 5.56 Å². The fourth-order valence-electron chi connectivity index (χ4n) is 2.79. The van der Waals surface area contributed by atoms with Crippen LogP contribution in [0.4, 0.5) is 4.39 Å². The molecule has 0 aromatic heterocycles. The lowest BCUT2D eigenvalue weighted by Gasteiger charge is -2.34. The van der Waals surface area contributed by atoms with Crippen LogP contribution in [-0.4, -0.2) is 63.3 Å². The zero-order valence-electron chi connectivity index (χ0n) is 15.4. The number of nitrogens with zero attached hydrogens (tertiary/aromatic N) is 2. The van der Waals surface area contributed by atoms with Crippen molar-refractivity contribution in [1.29, 1.82) is 0 Å². The molecule has 2 rings (SSSR count). The summed E-state index contributed by atoms with van der Waals surface area (Å²) in [7, 11) is -1.75. The van der Waals surface area contributed by atoms with Gasteiger partial charge in [-0.1, -0.05) is 12.1 Å². The third-order valence-electron chi connectivity index (χ3n) is 4.03. The topological polar surface area (TPSA) is 83.0 Å². The summed E-state index contributed by atoms with van der Waals surface area (Å²) in [5, 5.41) is 6.07. The Balaban J connectivity index is 1.79. The zero-order chi connectivity index (χ0) is 19.2. The molecule has 2 unspecified atom stereocenters. The number of ether oxygens (including phenoxy) is 1. The highest BCUT2D eigenvalue weighted by Gasteiger charge is 2.30. The fraction of sp³-hybridized carbons (Fsp3) is 0.588. The van der Waals surface area contributed by atoms with Gasteiger partial charge in [-0.25, -0.2) is 12.8 Å². The molecule has 2 atom stereocenters. The van der Waals surface area contributed by atoms with Gasteiger partial charge in [-0.2, -0.15) is 4.31 Å². The molecular formula is C17H27FN4O3S. The van der Waals surface area contributed by atoms with Crippen LogP contribution in [0.2, 0.25) is 0 Å². The van der Waals surface area contributed by atoms with Crippen molar-refractivity contribution in [3.8, 4) is 0 Å². The number of nitrogens with one attached hydrogen (secondary N) is 2. The highest BCUT2D eigenvalue weighted by atomic mass is 32.2. The first-order valence-corrected chi connectivity index (χ1v) is 10.2. The van der Waals surface area contributed by atoms with E-state index in [1.165, 1.54) is 16.4 Å². The number of hydrogen-bond acceptors (Lipinski definition) is 4. The van der Waals surface area contributed by atoms with E-state index < -0.39 is 10.0 Å². The molecule has 0 radical (unpaired) electrons. The summed E-state index contributed by atoms with van der Waals surface area (Å²) >= 11 is 0. The van der Waals surface area contributed by atoms with Crippen LogP contribution in [0.25, 0.3) is 0 Å². The SMILES string of the molecule is CN=C(NCCS(=O)(=O)N1CC(C)OC(C)C1)NCc1ccc(F)cc1. The maximum Gasteiger partial charge on any atom is 0.216 e. The van der Waals surface area contributed by atoms with E-state index in [2.05, 4.69) is 15.6 Å². The van der Waals surface area contributed by atoms with Crippen LogP contribution in [0, 0.1) is 5.82 Å². The fourth-order valence-corrected chi connectivity index (χ4v) is 4.29. The summed E-state index contributed by atoms with van der Waals surface area (Å²) in [6.45, 7) is 5.21. The minimum Gasteiger partial charge on any atom is -0.373 e. The van der Waals surface area contributed by atoms with Gasteiger partial charge in [-0.3, -0.25) is 4.99 Å². The zero-order valence-corrected chi connectivity index (χ0v) is 16.2. The van der Waals surface area contributed by atoms with Gasteiger partial charge < -0.3 is 15.4 Å². The molecule has 1 saturated heterocycles. The van der Waals surface area contributed by atoms with E-state index in [9.17, 15) is 12.8 Å². The van der Waals surface area contributed by atoms with Gasteiger partial charge in [0.05, 0.1) is 18.0 Å². The third-order valence-corrected chi connectivity index (χ3v) is 5.83. The third kappa shape index (κ3) is 6.22. The van der Waals surface area contributed by atoms with Crippen LogP contribution in [0.3, 0.4) is 0 Å². The molecule has 1 aliphatic rings. The molecule has 0 spiro atoms. The Morgan fingerprint density at radius 1 is 1.23 bits per heavy atom. The summed E-state index contributed by atoms with van der Waals surface area (Å²) in [4.78, 5) is 4.07. The number of guanidine groups is 1. The highest BCUT2D eigenvalue weighted by molar-refractivity contribution is 7.89. The van der Waals surface area contributed by atoms with Crippen LogP contribution in [0.1, 0.15) is 19.4 Å². The molecule has 0 amide bonds. The predicted molar refractivity (Wildman–Crippen MR) is 100.0 cm³/mol. The lowest BCUT2D eigenvalue weighted by atomic mass is 10.2. The molecule has 0 aliphatic carbocycles. The van der Waals surface area contributed by atoms with Gasteiger partial charge in [0.2, 0.25) is 10.0 Å². The van der Waals surface area contributed by atoms with Crippen molar-refractivity contribution in [3.05, 3.63) is 35.6 Å². The number of hydrogen-bond donors (Lipinski definition) is 2. The highest BCUT2D eigenvalue weighted by Crippen LogP contribution is 2.14. The van der Waals surface area contributed by atoms with Crippen LogP contribution in [-0.2, 0) is 21.3 Å². The molecule has 0 bridgehead atoms. The Morgan fingerprint density at radius 2 is 1.85 bits per heavy atom. The maximum absolute atomic E-state index is 12.9. The molecule has 1 aromatic carbocycles. The van der Waals surface area contributed by atoms with E-state index >= 15 is 0 Å². The Kier molecular flexibility index (Phi) is 7.36. The summed E-state index contributed by atoms with van der Waals surface area (Å²) in [5.74, 6) is 0.186. The Hall–Kier alpha value is -1.71. The van der Waals surface area contributed by atoms with E-state index in [1.54, 1.807) is 19.2 Å².